The lowest BCUT2D eigenvalue weighted by molar-refractivity contribution is 0.0887. The highest BCUT2D eigenvalue weighted by Crippen LogP contribution is 2.16. The molecule has 1 N–H and O–H groups in total. The molecule has 1 heterocycles. The molecule has 1 fully saturated rings. The summed E-state index contributed by atoms with van der Waals surface area (Å²) in [7, 11) is 3.80. The molecule has 0 aromatic heterocycles. The maximum absolute atomic E-state index is 6.22. The Hall–Kier alpha value is -1.30. The van der Waals surface area contributed by atoms with Crippen LogP contribution in [0.4, 0.5) is 0 Å². The molecule has 2 rings (SSSR count). The summed E-state index contributed by atoms with van der Waals surface area (Å²) in [5, 5.41) is 4.15. The minimum Gasteiger partial charge on any atom is -0.381 e. The molecule has 0 spiro atoms. The number of nitrogens with one attached hydrogen (secondary N) is 1. The van der Waals surface area contributed by atoms with Crippen LogP contribution in [0, 0.1) is 5.92 Å². The van der Waals surface area contributed by atoms with Crippen LogP contribution in [0.3, 0.4) is 0 Å². The van der Waals surface area contributed by atoms with Crippen LogP contribution >= 0.6 is 11.6 Å². The molecule has 1 unspecified atom stereocenters. The van der Waals surface area contributed by atoms with Gasteiger partial charge in [0.05, 0.1) is 13.2 Å². The molecule has 6 heteroatoms. The fourth-order valence-corrected chi connectivity index (χ4v) is 2.88. The van der Waals surface area contributed by atoms with E-state index < -0.39 is 0 Å². The fourth-order valence-electron chi connectivity index (χ4n) is 2.68. The van der Waals surface area contributed by atoms with Crippen molar-refractivity contribution in [2.45, 2.75) is 19.4 Å². The van der Waals surface area contributed by atoms with Crippen LogP contribution in [0.25, 0.3) is 0 Å². The zero-order chi connectivity index (χ0) is 17.2. The van der Waals surface area contributed by atoms with Crippen LogP contribution in [0.2, 0.25) is 5.02 Å². The molecular formula is C18H28ClN3O2. The van der Waals surface area contributed by atoms with E-state index in [0.717, 1.165) is 68.9 Å². The highest BCUT2D eigenvalue weighted by molar-refractivity contribution is 6.31. The van der Waals surface area contributed by atoms with Crippen LogP contribution in [0.5, 0.6) is 0 Å². The van der Waals surface area contributed by atoms with Crippen molar-refractivity contribution in [1.29, 1.82) is 0 Å². The average molecular weight is 354 g/mol. The fraction of sp³-hybridized carbons (Fsp3) is 0.611. The van der Waals surface area contributed by atoms with Crippen LogP contribution in [-0.4, -0.2) is 57.9 Å². The third-order valence-electron chi connectivity index (χ3n) is 4.06. The summed E-state index contributed by atoms with van der Waals surface area (Å²) in [4.78, 5) is 6.39. The minimum absolute atomic E-state index is 0.576. The van der Waals surface area contributed by atoms with Gasteiger partial charge in [-0.15, -0.1) is 0 Å². The number of halogens is 1. The first-order valence-corrected chi connectivity index (χ1v) is 8.89. The van der Waals surface area contributed by atoms with Gasteiger partial charge >= 0.3 is 0 Å². The van der Waals surface area contributed by atoms with Gasteiger partial charge < -0.3 is 19.7 Å². The molecule has 1 aromatic rings. The van der Waals surface area contributed by atoms with Crippen molar-refractivity contribution in [3.05, 3.63) is 34.9 Å². The predicted octanol–water partition coefficient (Wildman–Crippen LogP) is 2.79. The van der Waals surface area contributed by atoms with Gasteiger partial charge in [-0.2, -0.15) is 0 Å². The maximum atomic E-state index is 6.22. The van der Waals surface area contributed by atoms with Gasteiger partial charge in [-0.1, -0.05) is 29.8 Å². The molecule has 0 radical (unpaired) electrons. The van der Waals surface area contributed by atoms with Crippen molar-refractivity contribution in [2.75, 3.05) is 47.1 Å². The summed E-state index contributed by atoms with van der Waals surface area (Å²) >= 11 is 6.22. The minimum atomic E-state index is 0.576. The van der Waals surface area contributed by atoms with Crippen molar-refractivity contribution in [2.24, 2.45) is 10.9 Å². The Morgan fingerprint density at radius 2 is 2.29 bits per heavy atom. The Balaban J connectivity index is 1.63. The molecule has 1 saturated heterocycles. The Labute approximate surface area is 150 Å². The first-order chi connectivity index (χ1) is 11.7. The average Bonchev–Trinajstić information content (AvgIpc) is 3.09. The maximum Gasteiger partial charge on any atom is 0.193 e. The van der Waals surface area contributed by atoms with Gasteiger partial charge in [-0.3, -0.25) is 4.99 Å². The summed E-state index contributed by atoms with van der Waals surface area (Å²) in [5.74, 6) is 1.44. The van der Waals surface area contributed by atoms with Crippen LogP contribution < -0.4 is 5.32 Å². The highest BCUT2D eigenvalue weighted by Gasteiger charge is 2.15. The van der Waals surface area contributed by atoms with Gasteiger partial charge in [0.25, 0.3) is 0 Å². The van der Waals surface area contributed by atoms with E-state index in [-0.39, 0.29) is 0 Å². The second kappa shape index (κ2) is 10.5. The third kappa shape index (κ3) is 6.30. The number of ether oxygens (including phenoxy) is 2. The topological polar surface area (TPSA) is 46.1 Å². The SMILES string of the molecule is CN=C(NCCCOCC1CCOC1)N(C)Cc1ccccc1Cl. The number of benzene rings is 1. The normalized spacial score (nSPS) is 18.0. The number of hydrogen-bond donors (Lipinski definition) is 1. The van der Waals surface area contributed by atoms with Crippen LogP contribution in [0.15, 0.2) is 29.3 Å². The van der Waals surface area contributed by atoms with Crippen molar-refractivity contribution < 1.29 is 9.47 Å². The molecule has 0 saturated carbocycles. The van der Waals surface area contributed by atoms with Gasteiger partial charge in [0.1, 0.15) is 0 Å². The van der Waals surface area contributed by atoms with Crippen molar-refractivity contribution >= 4 is 17.6 Å². The summed E-state index contributed by atoms with van der Waals surface area (Å²) < 4.78 is 11.1. The summed E-state index contributed by atoms with van der Waals surface area (Å²) in [6.45, 7) is 4.84. The largest absolute Gasteiger partial charge is 0.381 e. The first-order valence-electron chi connectivity index (χ1n) is 8.51. The standard InChI is InChI=1S/C18H28ClN3O2/c1-20-18(22(2)12-16-6-3-4-7-17(16)19)21-9-5-10-23-13-15-8-11-24-14-15/h3-4,6-7,15H,5,8-14H2,1-2H3,(H,20,21). The number of hydrogen-bond acceptors (Lipinski definition) is 3. The summed E-state index contributed by atoms with van der Waals surface area (Å²) in [6.07, 6.45) is 2.07. The van der Waals surface area contributed by atoms with Crippen molar-refractivity contribution in [1.82, 2.24) is 10.2 Å². The molecule has 5 nitrogen and oxygen atoms in total. The Bertz CT molecular complexity index is 519. The predicted molar refractivity (Wildman–Crippen MR) is 98.6 cm³/mol. The van der Waals surface area contributed by atoms with E-state index in [4.69, 9.17) is 21.1 Å². The zero-order valence-corrected chi connectivity index (χ0v) is 15.4. The molecule has 0 bridgehead atoms. The Morgan fingerprint density at radius 3 is 3.00 bits per heavy atom. The van der Waals surface area contributed by atoms with Gasteiger partial charge in [0.2, 0.25) is 0 Å². The van der Waals surface area contributed by atoms with Gasteiger partial charge in [0.15, 0.2) is 5.96 Å². The smallest absolute Gasteiger partial charge is 0.193 e. The van der Waals surface area contributed by atoms with Gasteiger partial charge in [-0.05, 0) is 24.5 Å². The van der Waals surface area contributed by atoms with Crippen LogP contribution in [-0.2, 0) is 16.0 Å². The molecular weight excluding hydrogens is 326 g/mol. The van der Waals surface area contributed by atoms with E-state index >= 15 is 0 Å². The first kappa shape index (κ1) is 19.0. The van der Waals surface area contributed by atoms with Crippen molar-refractivity contribution in [3.63, 3.8) is 0 Å². The number of rotatable bonds is 8. The van der Waals surface area contributed by atoms with Crippen LogP contribution in [0.1, 0.15) is 18.4 Å². The Morgan fingerprint density at radius 1 is 1.46 bits per heavy atom. The van der Waals surface area contributed by atoms with Crippen molar-refractivity contribution in [3.8, 4) is 0 Å². The Kier molecular flexibility index (Phi) is 8.36. The van der Waals surface area contributed by atoms with E-state index in [1.165, 1.54) is 0 Å². The van der Waals surface area contributed by atoms with E-state index in [9.17, 15) is 0 Å². The second-order valence-corrected chi connectivity index (χ2v) is 6.49. The molecule has 1 aliphatic heterocycles. The lowest BCUT2D eigenvalue weighted by atomic mass is 10.1. The molecule has 0 aliphatic carbocycles. The van der Waals surface area contributed by atoms with E-state index in [1.807, 2.05) is 31.3 Å². The second-order valence-electron chi connectivity index (χ2n) is 6.08. The molecule has 134 valence electrons. The highest BCUT2D eigenvalue weighted by atomic mass is 35.5. The summed E-state index contributed by atoms with van der Waals surface area (Å²) in [6, 6.07) is 7.88. The number of guanidine groups is 1. The monoisotopic (exact) mass is 353 g/mol. The lowest BCUT2D eigenvalue weighted by Crippen LogP contribution is -2.39. The molecule has 1 aromatic carbocycles. The molecule has 1 atom stereocenters. The zero-order valence-electron chi connectivity index (χ0n) is 14.6. The number of aliphatic imine (C=N–C) groups is 1. The quantitative estimate of drug-likeness (QED) is 0.443. The van der Waals surface area contributed by atoms with E-state index in [1.54, 1.807) is 7.05 Å². The molecule has 24 heavy (non-hydrogen) atoms. The molecule has 0 amide bonds. The van der Waals surface area contributed by atoms with Gasteiger partial charge in [0, 0.05) is 51.3 Å². The van der Waals surface area contributed by atoms with E-state index in [0.29, 0.717) is 5.92 Å². The summed E-state index contributed by atoms with van der Waals surface area (Å²) in [5.41, 5.74) is 1.09. The third-order valence-corrected chi connectivity index (χ3v) is 4.43. The van der Waals surface area contributed by atoms with Gasteiger partial charge in [-0.25, -0.2) is 0 Å². The lowest BCUT2D eigenvalue weighted by Gasteiger charge is -2.22. The molecule has 1 aliphatic rings. The number of nitrogens with zero attached hydrogens (tertiary/aromatic N) is 2. The van der Waals surface area contributed by atoms with E-state index in [2.05, 4.69) is 15.2 Å².